The lowest BCUT2D eigenvalue weighted by Gasteiger charge is -1.92. The largest absolute Gasteiger partial charge is 0.198 e. The van der Waals surface area contributed by atoms with Crippen molar-refractivity contribution in [3.05, 3.63) is 22.4 Å². The second-order valence-corrected chi connectivity index (χ2v) is 2.85. The third kappa shape index (κ3) is 1.30. The number of thiophene rings is 1. The molecule has 0 saturated heterocycles. The molecule has 0 aliphatic carbocycles. The molecule has 9 heavy (non-hydrogen) atoms. The molecule has 1 atom stereocenters. The van der Waals surface area contributed by atoms with Crippen molar-refractivity contribution in [2.24, 2.45) is 0 Å². The van der Waals surface area contributed by atoms with Crippen molar-refractivity contribution < 1.29 is 0 Å². The molecule has 2 heteroatoms. The molecule has 46 valence electrons. The SMILES string of the molecule is C[C@H](C#N)c1cccs1. The van der Waals surface area contributed by atoms with Crippen molar-refractivity contribution in [1.29, 1.82) is 5.26 Å². The molecule has 0 saturated carbocycles. The fraction of sp³-hybridized carbons (Fsp3) is 0.286. The van der Waals surface area contributed by atoms with Gasteiger partial charge in [0.05, 0.1) is 12.0 Å². The fourth-order valence-corrected chi connectivity index (χ4v) is 1.33. The first-order valence-electron chi connectivity index (χ1n) is 2.77. The van der Waals surface area contributed by atoms with Gasteiger partial charge in [0.25, 0.3) is 0 Å². The van der Waals surface area contributed by atoms with Gasteiger partial charge in [-0.1, -0.05) is 6.07 Å². The van der Waals surface area contributed by atoms with Gasteiger partial charge in [-0.25, -0.2) is 0 Å². The quantitative estimate of drug-likeness (QED) is 0.583. The first-order valence-corrected chi connectivity index (χ1v) is 3.65. The van der Waals surface area contributed by atoms with Crippen molar-refractivity contribution in [1.82, 2.24) is 0 Å². The van der Waals surface area contributed by atoms with Crippen LogP contribution in [0.5, 0.6) is 0 Å². The Balaban J connectivity index is 2.80. The first kappa shape index (κ1) is 6.31. The maximum Gasteiger partial charge on any atom is 0.0777 e. The van der Waals surface area contributed by atoms with Crippen molar-refractivity contribution in [3.63, 3.8) is 0 Å². The van der Waals surface area contributed by atoms with Gasteiger partial charge < -0.3 is 0 Å². The Morgan fingerprint density at radius 2 is 2.56 bits per heavy atom. The molecule has 1 nitrogen and oxygen atoms in total. The van der Waals surface area contributed by atoms with Crippen LogP contribution in [-0.2, 0) is 0 Å². The molecule has 1 aromatic rings. The Hall–Kier alpha value is -0.810. The summed E-state index contributed by atoms with van der Waals surface area (Å²) < 4.78 is 0. The lowest BCUT2D eigenvalue weighted by Crippen LogP contribution is -1.81. The molecule has 0 N–H and O–H groups in total. The highest BCUT2D eigenvalue weighted by molar-refractivity contribution is 7.10. The van der Waals surface area contributed by atoms with Gasteiger partial charge in [0.15, 0.2) is 0 Å². The monoisotopic (exact) mass is 137 g/mol. The zero-order valence-corrected chi connectivity index (χ0v) is 5.98. The molecule has 0 unspecified atom stereocenters. The van der Waals surface area contributed by atoms with E-state index in [2.05, 4.69) is 6.07 Å². The van der Waals surface area contributed by atoms with Crippen molar-refractivity contribution in [2.45, 2.75) is 12.8 Å². The number of hydrogen-bond donors (Lipinski definition) is 0. The minimum absolute atomic E-state index is 0.0602. The normalized spacial score (nSPS) is 12.4. The van der Waals surface area contributed by atoms with Crippen LogP contribution in [0.4, 0.5) is 0 Å². The smallest absolute Gasteiger partial charge is 0.0777 e. The summed E-state index contributed by atoms with van der Waals surface area (Å²) in [5.41, 5.74) is 0. The molecule has 0 aromatic carbocycles. The van der Waals surface area contributed by atoms with Gasteiger partial charge in [-0.05, 0) is 18.4 Å². The molecule has 0 spiro atoms. The second-order valence-electron chi connectivity index (χ2n) is 1.87. The number of rotatable bonds is 1. The number of nitriles is 1. The lowest BCUT2D eigenvalue weighted by atomic mass is 10.2. The third-order valence-corrected chi connectivity index (χ3v) is 2.22. The van der Waals surface area contributed by atoms with Crippen LogP contribution in [0.1, 0.15) is 17.7 Å². The van der Waals surface area contributed by atoms with Gasteiger partial charge in [0.2, 0.25) is 0 Å². The van der Waals surface area contributed by atoms with Gasteiger partial charge in [-0.2, -0.15) is 5.26 Å². The van der Waals surface area contributed by atoms with E-state index in [1.165, 1.54) is 0 Å². The van der Waals surface area contributed by atoms with E-state index < -0.39 is 0 Å². The van der Waals surface area contributed by atoms with Crippen LogP contribution >= 0.6 is 11.3 Å². The minimum Gasteiger partial charge on any atom is -0.198 e. The van der Waals surface area contributed by atoms with E-state index in [1.54, 1.807) is 11.3 Å². The Kier molecular flexibility index (Phi) is 1.86. The summed E-state index contributed by atoms with van der Waals surface area (Å²) in [4.78, 5) is 1.15. The third-order valence-electron chi connectivity index (χ3n) is 1.16. The highest BCUT2D eigenvalue weighted by Crippen LogP contribution is 2.18. The zero-order chi connectivity index (χ0) is 6.69. The van der Waals surface area contributed by atoms with E-state index in [0.29, 0.717) is 0 Å². The minimum atomic E-state index is 0.0602. The molecule has 0 aliphatic heterocycles. The van der Waals surface area contributed by atoms with Crippen molar-refractivity contribution in [2.75, 3.05) is 0 Å². The van der Waals surface area contributed by atoms with Gasteiger partial charge in [0, 0.05) is 4.88 Å². The zero-order valence-electron chi connectivity index (χ0n) is 5.16. The summed E-state index contributed by atoms with van der Waals surface area (Å²) >= 11 is 1.63. The Morgan fingerprint density at radius 3 is 3.00 bits per heavy atom. The van der Waals surface area contributed by atoms with Gasteiger partial charge in [-0.15, -0.1) is 11.3 Å². The Labute approximate surface area is 58.6 Å². The molecular weight excluding hydrogens is 130 g/mol. The lowest BCUT2D eigenvalue weighted by molar-refractivity contribution is 1.01. The van der Waals surface area contributed by atoms with Crippen LogP contribution in [0, 0.1) is 11.3 Å². The molecule has 1 aromatic heterocycles. The highest BCUT2D eigenvalue weighted by atomic mass is 32.1. The highest BCUT2D eigenvalue weighted by Gasteiger charge is 2.01. The van der Waals surface area contributed by atoms with Crippen LogP contribution in [0.3, 0.4) is 0 Å². The fourth-order valence-electron chi connectivity index (χ4n) is 0.601. The number of hydrogen-bond acceptors (Lipinski definition) is 2. The first-order chi connectivity index (χ1) is 4.34. The van der Waals surface area contributed by atoms with Crippen molar-refractivity contribution in [3.8, 4) is 6.07 Å². The maximum absolute atomic E-state index is 8.46. The summed E-state index contributed by atoms with van der Waals surface area (Å²) in [6, 6.07) is 6.13. The maximum atomic E-state index is 8.46. The molecule has 0 radical (unpaired) electrons. The second kappa shape index (κ2) is 2.65. The molecule has 0 amide bonds. The Morgan fingerprint density at radius 1 is 1.78 bits per heavy atom. The van der Waals surface area contributed by atoms with Gasteiger partial charge in [0.1, 0.15) is 0 Å². The molecule has 0 fully saturated rings. The summed E-state index contributed by atoms with van der Waals surface area (Å²) in [7, 11) is 0. The summed E-state index contributed by atoms with van der Waals surface area (Å²) in [6.45, 7) is 1.91. The standard InChI is InChI=1S/C7H7NS/c1-6(5-8)7-3-2-4-9-7/h2-4,6H,1H3/t6-/m1/s1. The molecule has 0 aliphatic rings. The van der Waals surface area contributed by atoms with E-state index in [-0.39, 0.29) is 5.92 Å². The van der Waals surface area contributed by atoms with E-state index in [0.717, 1.165) is 4.88 Å². The van der Waals surface area contributed by atoms with Crippen LogP contribution < -0.4 is 0 Å². The number of nitrogens with zero attached hydrogens (tertiary/aromatic N) is 1. The predicted octanol–water partition coefficient (Wildman–Crippen LogP) is 2.38. The molecule has 1 rings (SSSR count). The molecular formula is C7H7NS. The van der Waals surface area contributed by atoms with Gasteiger partial charge in [-0.3, -0.25) is 0 Å². The average Bonchev–Trinajstić information content (AvgIpc) is 2.37. The topological polar surface area (TPSA) is 23.8 Å². The summed E-state index contributed by atoms with van der Waals surface area (Å²) in [5.74, 6) is 0.0602. The van der Waals surface area contributed by atoms with E-state index >= 15 is 0 Å². The van der Waals surface area contributed by atoms with Crippen LogP contribution in [-0.4, -0.2) is 0 Å². The average molecular weight is 137 g/mol. The van der Waals surface area contributed by atoms with E-state index in [1.807, 2.05) is 24.4 Å². The van der Waals surface area contributed by atoms with Crippen LogP contribution in [0.15, 0.2) is 17.5 Å². The van der Waals surface area contributed by atoms with Gasteiger partial charge >= 0.3 is 0 Å². The van der Waals surface area contributed by atoms with E-state index in [4.69, 9.17) is 5.26 Å². The molecule has 1 heterocycles. The van der Waals surface area contributed by atoms with Crippen molar-refractivity contribution >= 4 is 11.3 Å². The summed E-state index contributed by atoms with van der Waals surface area (Å²) in [5, 5.41) is 10.5. The predicted molar refractivity (Wildman–Crippen MR) is 38.3 cm³/mol. The summed E-state index contributed by atoms with van der Waals surface area (Å²) in [6.07, 6.45) is 0. The van der Waals surface area contributed by atoms with E-state index in [9.17, 15) is 0 Å². The Bertz CT molecular complexity index is 207. The molecule has 0 bridgehead atoms. The van der Waals surface area contributed by atoms with Crippen LogP contribution in [0.25, 0.3) is 0 Å². The van der Waals surface area contributed by atoms with Crippen LogP contribution in [0.2, 0.25) is 0 Å².